The number of hydrogen-bond donors (Lipinski definition) is 1. The molecule has 106 valence electrons. The summed E-state index contributed by atoms with van der Waals surface area (Å²) in [6, 6.07) is 5.79. The number of nitrogens with two attached hydrogens (primary N) is 1. The standard InChI is InChI=1S/C13H17F3N2O/c14-13(15,16)9-19-7-1-5-18-6-4-10-2-3-11(17)8-12(10)18/h2-3,8H,1,4-7,9,17H2. The summed E-state index contributed by atoms with van der Waals surface area (Å²) in [6.45, 7) is 0.524. The number of hydrogen-bond acceptors (Lipinski definition) is 3. The molecule has 0 radical (unpaired) electrons. The fourth-order valence-corrected chi connectivity index (χ4v) is 2.24. The van der Waals surface area contributed by atoms with E-state index < -0.39 is 12.8 Å². The summed E-state index contributed by atoms with van der Waals surface area (Å²) in [4.78, 5) is 2.14. The molecule has 0 saturated heterocycles. The quantitative estimate of drug-likeness (QED) is 0.662. The Morgan fingerprint density at radius 3 is 2.84 bits per heavy atom. The molecule has 1 aromatic carbocycles. The van der Waals surface area contributed by atoms with E-state index in [0.29, 0.717) is 18.7 Å². The molecule has 0 spiro atoms. The van der Waals surface area contributed by atoms with E-state index in [4.69, 9.17) is 5.73 Å². The highest BCUT2D eigenvalue weighted by atomic mass is 19.4. The fourth-order valence-electron chi connectivity index (χ4n) is 2.24. The lowest BCUT2D eigenvalue weighted by Gasteiger charge is -2.19. The van der Waals surface area contributed by atoms with Crippen LogP contribution in [-0.2, 0) is 11.2 Å². The third kappa shape index (κ3) is 4.02. The normalized spacial score (nSPS) is 14.8. The Balaban J connectivity index is 1.76. The second-order valence-corrected chi connectivity index (χ2v) is 4.65. The van der Waals surface area contributed by atoms with Crippen LogP contribution in [0.3, 0.4) is 0 Å². The van der Waals surface area contributed by atoms with Crippen molar-refractivity contribution in [1.82, 2.24) is 0 Å². The fraction of sp³-hybridized carbons (Fsp3) is 0.538. The average Bonchev–Trinajstić information content (AvgIpc) is 2.70. The lowest BCUT2D eigenvalue weighted by atomic mass is 10.1. The molecule has 2 rings (SSSR count). The molecule has 2 N–H and O–H groups in total. The van der Waals surface area contributed by atoms with E-state index in [1.807, 2.05) is 18.2 Å². The molecule has 1 aromatic rings. The molecule has 3 nitrogen and oxygen atoms in total. The first kappa shape index (κ1) is 14.0. The highest BCUT2D eigenvalue weighted by Gasteiger charge is 2.27. The molecule has 0 atom stereocenters. The molecule has 1 heterocycles. The average molecular weight is 274 g/mol. The van der Waals surface area contributed by atoms with E-state index >= 15 is 0 Å². The number of nitrogens with zero attached hydrogens (tertiary/aromatic N) is 1. The number of rotatable bonds is 5. The first-order valence-electron chi connectivity index (χ1n) is 6.23. The van der Waals surface area contributed by atoms with Gasteiger partial charge in [0.2, 0.25) is 0 Å². The SMILES string of the molecule is Nc1ccc2c(c1)N(CCCOCC(F)(F)F)CC2. The third-order valence-electron chi connectivity index (χ3n) is 3.08. The molecule has 1 aliphatic heterocycles. The minimum Gasteiger partial charge on any atom is -0.399 e. The van der Waals surface area contributed by atoms with Crippen molar-refractivity contribution in [2.75, 3.05) is 36.9 Å². The molecule has 1 aliphatic rings. The number of halogens is 3. The second-order valence-electron chi connectivity index (χ2n) is 4.65. The van der Waals surface area contributed by atoms with Gasteiger partial charge in [-0.15, -0.1) is 0 Å². The summed E-state index contributed by atoms with van der Waals surface area (Å²) in [6.07, 6.45) is -2.71. The molecular formula is C13H17F3N2O. The van der Waals surface area contributed by atoms with E-state index in [0.717, 1.165) is 18.7 Å². The number of fused-ring (bicyclic) bond motifs is 1. The summed E-state index contributed by atoms with van der Waals surface area (Å²) in [7, 11) is 0. The summed E-state index contributed by atoms with van der Waals surface area (Å²) in [5, 5.41) is 0. The van der Waals surface area contributed by atoms with Gasteiger partial charge in [-0.25, -0.2) is 0 Å². The molecule has 0 saturated carbocycles. The first-order chi connectivity index (χ1) is 8.96. The third-order valence-corrected chi connectivity index (χ3v) is 3.08. The van der Waals surface area contributed by atoms with Crippen LogP contribution >= 0.6 is 0 Å². The van der Waals surface area contributed by atoms with Gasteiger partial charge in [0.05, 0.1) is 0 Å². The van der Waals surface area contributed by atoms with Crippen LogP contribution in [0.5, 0.6) is 0 Å². The molecular weight excluding hydrogens is 257 g/mol. The van der Waals surface area contributed by atoms with Gasteiger partial charge in [0.1, 0.15) is 6.61 Å². The van der Waals surface area contributed by atoms with E-state index in [9.17, 15) is 13.2 Å². The van der Waals surface area contributed by atoms with Gasteiger partial charge in [0, 0.05) is 31.1 Å². The molecule has 0 amide bonds. The number of alkyl halides is 3. The first-order valence-corrected chi connectivity index (χ1v) is 6.23. The lowest BCUT2D eigenvalue weighted by Crippen LogP contribution is -2.24. The summed E-state index contributed by atoms with van der Waals surface area (Å²) < 4.78 is 40.2. The van der Waals surface area contributed by atoms with Crippen molar-refractivity contribution in [2.24, 2.45) is 0 Å². The van der Waals surface area contributed by atoms with Crippen LogP contribution in [0.2, 0.25) is 0 Å². The summed E-state index contributed by atoms with van der Waals surface area (Å²) in [5.74, 6) is 0. The Labute approximate surface area is 110 Å². The van der Waals surface area contributed by atoms with Gasteiger partial charge in [-0.2, -0.15) is 13.2 Å². The van der Waals surface area contributed by atoms with Crippen LogP contribution < -0.4 is 10.6 Å². The van der Waals surface area contributed by atoms with Crippen LogP contribution in [0.15, 0.2) is 18.2 Å². The van der Waals surface area contributed by atoms with Crippen molar-refractivity contribution in [3.05, 3.63) is 23.8 Å². The van der Waals surface area contributed by atoms with Crippen molar-refractivity contribution >= 4 is 11.4 Å². The second kappa shape index (κ2) is 5.69. The van der Waals surface area contributed by atoms with Gasteiger partial charge >= 0.3 is 6.18 Å². The smallest absolute Gasteiger partial charge is 0.399 e. The van der Waals surface area contributed by atoms with E-state index in [1.54, 1.807) is 0 Å². The van der Waals surface area contributed by atoms with E-state index in [-0.39, 0.29) is 6.61 Å². The van der Waals surface area contributed by atoms with Crippen molar-refractivity contribution in [2.45, 2.75) is 19.0 Å². The molecule has 19 heavy (non-hydrogen) atoms. The highest BCUT2D eigenvalue weighted by Crippen LogP contribution is 2.29. The van der Waals surface area contributed by atoms with Gasteiger partial charge < -0.3 is 15.4 Å². The zero-order chi connectivity index (χ0) is 13.9. The Hall–Kier alpha value is -1.43. The van der Waals surface area contributed by atoms with Gasteiger partial charge in [0.25, 0.3) is 0 Å². The van der Waals surface area contributed by atoms with Crippen LogP contribution in [-0.4, -0.2) is 32.5 Å². The summed E-state index contributed by atoms with van der Waals surface area (Å²) in [5.41, 5.74) is 8.78. The van der Waals surface area contributed by atoms with Crippen LogP contribution in [0.1, 0.15) is 12.0 Å². The number of ether oxygens (including phenoxy) is 1. The van der Waals surface area contributed by atoms with Crippen LogP contribution in [0, 0.1) is 0 Å². The van der Waals surface area contributed by atoms with Gasteiger partial charge in [-0.1, -0.05) is 6.07 Å². The maximum Gasteiger partial charge on any atom is 0.411 e. The van der Waals surface area contributed by atoms with Crippen molar-refractivity contribution < 1.29 is 17.9 Å². The molecule has 0 unspecified atom stereocenters. The molecule has 0 aromatic heterocycles. The van der Waals surface area contributed by atoms with E-state index in [2.05, 4.69) is 9.64 Å². The van der Waals surface area contributed by atoms with Crippen molar-refractivity contribution in [3.63, 3.8) is 0 Å². The number of nitrogen functional groups attached to an aromatic ring is 1. The van der Waals surface area contributed by atoms with Gasteiger partial charge in [0.15, 0.2) is 0 Å². The largest absolute Gasteiger partial charge is 0.411 e. The Morgan fingerprint density at radius 1 is 1.32 bits per heavy atom. The molecule has 0 aliphatic carbocycles. The highest BCUT2D eigenvalue weighted by molar-refractivity contribution is 5.64. The number of benzene rings is 1. The Morgan fingerprint density at radius 2 is 2.11 bits per heavy atom. The van der Waals surface area contributed by atoms with E-state index in [1.165, 1.54) is 5.56 Å². The van der Waals surface area contributed by atoms with Gasteiger partial charge in [-0.3, -0.25) is 0 Å². The monoisotopic (exact) mass is 274 g/mol. The predicted octanol–water partition coefficient (Wildman–Crippen LogP) is 2.60. The maximum absolute atomic E-state index is 11.9. The van der Waals surface area contributed by atoms with Crippen LogP contribution in [0.4, 0.5) is 24.5 Å². The topological polar surface area (TPSA) is 38.5 Å². The van der Waals surface area contributed by atoms with Crippen LogP contribution in [0.25, 0.3) is 0 Å². The zero-order valence-corrected chi connectivity index (χ0v) is 10.5. The Bertz CT molecular complexity index is 434. The molecule has 0 bridgehead atoms. The summed E-state index contributed by atoms with van der Waals surface area (Å²) >= 11 is 0. The minimum atomic E-state index is -4.24. The molecule has 6 heteroatoms. The lowest BCUT2D eigenvalue weighted by molar-refractivity contribution is -0.173. The Kier molecular flexibility index (Phi) is 4.19. The molecule has 0 fully saturated rings. The maximum atomic E-state index is 11.9. The van der Waals surface area contributed by atoms with Gasteiger partial charge in [-0.05, 0) is 30.5 Å². The number of anilines is 2. The minimum absolute atomic E-state index is 0.119. The van der Waals surface area contributed by atoms with Crippen molar-refractivity contribution in [3.8, 4) is 0 Å². The zero-order valence-electron chi connectivity index (χ0n) is 10.5. The van der Waals surface area contributed by atoms with Crippen molar-refractivity contribution in [1.29, 1.82) is 0 Å². The predicted molar refractivity (Wildman–Crippen MR) is 68.3 cm³/mol.